The number of hydrogen-bond donors (Lipinski definition) is 3. The van der Waals surface area contributed by atoms with Crippen LogP contribution in [0, 0.1) is 0 Å². The number of carboxylic acid groups (broad SMARTS) is 1. The molecule has 8 heteroatoms. The van der Waals surface area contributed by atoms with Crippen molar-refractivity contribution >= 4 is 21.9 Å². The van der Waals surface area contributed by atoms with Crippen LogP contribution in [0.15, 0.2) is 0 Å². The molecule has 0 heterocycles. The third-order valence-corrected chi connectivity index (χ3v) is 3.48. The SMILES string of the molecule is CC(C)(NS(=O)(=O)CCCC(=O)O)C(N)=O. The summed E-state index contributed by atoms with van der Waals surface area (Å²) in [4.78, 5) is 21.1. The molecule has 0 fully saturated rings. The molecule has 0 saturated carbocycles. The Hall–Kier alpha value is -1.15. The first-order valence-corrected chi connectivity index (χ1v) is 6.25. The monoisotopic (exact) mass is 252 g/mol. The van der Waals surface area contributed by atoms with Gasteiger partial charge in [-0.1, -0.05) is 0 Å². The van der Waals surface area contributed by atoms with Crippen LogP contribution in [0.3, 0.4) is 0 Å². The smallest absolute Gasteiger partial charge is 0.303 e. The molecule has 94 valence electrons. The minimum Gasteiger partial charge on any atom is -0.481 e. The van der Waals surface area contributed by atoms with Crippen LogP contribution >= 0.6 is 0 Å². The molecule has 0 aromatic rings. The molecule has 0 bridgehead atoms. The number of carbonyl (C=O) groups is 2. The first-order valence-electron chi connectivity index (χ1n) is 4.60. The quantitative estimate of drug-likeness (QED) is 0.537. The number of aliphatic carboxylic acids is 1. The molecule has 0 aromatic heterocycles. The Morgan fingerprint density at radius 1 is 1.38 bits per heavy atom. The van der Waals surface area contributed by atoms with Gasteiger partial charge in [0.25, 0.3) is 0 Å². The van der Waals surface area contributed by atoms with Crippen LogP contribution in [-0.2, 0) is 19.6 Å². The second kappa shape index (κ2) is 5.26. The summed E-state index contributed by atoms with van der Waals surface area (Å²) in [5.74, 6) is -2.21. The number of primary amides is 1. The van der Waals surface area contributed by atoms with Crippen LogP contribution in [0.4, 0.5) is 0 Å². The van der Waals surface area contributed by atoms with E-state index in [4.69, 9.17) is 10.8 Å². The summed E-state index contributed by atoms with van der Waals surface area (Å²) in [7, 11) is -3.69. The molecule has 0 unspecified atom stereocenters. The lowest BCUT2D eigenvalue weighted by Crippen LogP contribution is -2.53. The Kier molecular flexibility index (Phi) is 4.88. The number of nitrogens with one attached hydrogen (secondary N) is 1. The fraction of sp³-hybridized carbons (Fsp3) is 0.750. The highest BCUT2D eigenvalue weighted by Gasteiger charge is 2.30. The summed E-state index contributed by atoms with van der Waals surface area (Å²) in [5.41, 5.74) is 3.62. The van der Waals surface area contributed by atoms with Gasteiger partial charge in [0.1, 0.15) is 5.54 Å². The van der Waals surface area contributed by atoms with Gasteiger partial charge in [-0.2, -0.15) is 0 Å². The number of sulfonamides is 1. The third kappa shape index (κ3) is 5.66. The van der Waals surface area contributed by atoms with E-state index in [2.05, 4.69) is 4.72 Å². The van der Waals surface area contributed by atoms with Gasteiger partial charge >= 0.3 is 5.97 Å². The van der Waals surface area contributed by atoms with E-state index < -0.39 is 27.4 Å². The Morgan fingerprint density at radius 3 is 2.25 bits per heavy atom. The Morgan fingerprint density at radius 2 is 1.88 bits per heavy atom. The average Bonchev–Trinajstić information content (AvgIpc) is 1.99. The lowest BCUT2D eigenvalue weighted by molar-refractivity contribution is -0.137. The maximum atomic E-state index is 11.4. The largest absolute Gasteiger partial charge is 0.481 e. The summed E-state index contributed by atoms with van der Waals surface area (Å²) in [6.45, 7) is 2.67. The van der Waals surface area contributed by atoms with Crippen LogP contribution in [-0.4, -0.2) is 36.7 Å². The summed E-state index contributed by atoms with van der Waals surface area (Å²) >= 11 is 0. The predicted octanol–water partition coefficient (Wildman–Crippen LogP) is -0.965. The van der Waals surface area contributed by atoms with E-state index in [1.54, 1.807) is 0 Å². The Bertz CT molecular complexity index is 374. The maximum Gasteiger partial charge on any atom is 0.303 e. The van der Waals surface area contributed by atoms with E-state index in [9.17, 15) is 18.0 Å². The van der Waals surface area contributed by atoms with Gasteiger partial charge in [0, 0.05) is 6.42 Å². The van der Waals surface area contributed by atoms with Crippen LogP contribution in [0.2, 0.25) is 0 Å². The van der Waals surface area contributed by atoms with Crippen LogP contribution in [0.1, 0.15) is 26.7 Å². The molecule has 16 heavy (non-hydrogen) atoms. The second-order valence-corrected chi connectivity index (χ2v) is 5.75. The highest BCUT2D eigenvalue weighted by molar-refractivity contribution is 7.89. The lowest BCUT2D eigenvalue weighted by Gasteiger charge is -2.21. The highest BCUT2D eigenvalue weighted by Crippen LogP contribution is 2.05. The van der Waals surface area contributed by atoms with Crippen molar-refractivity contribution in [2.75, 3.05) is 5.75 Å². The molecule has 1 amide bonds. The molecule has 0 rings (SSSR count). The van der Waals surface area contributed by atoms with Crippen molar-refractivity contribution in [1.29, 1.82) is 0 Å². The van der Waals surface area contributed by atoms with E-state index in [1.807, 2.05) is 0 Å². The molecule has 0 aliphatic heterocycles. The zero-order chi connectivity index (χ0) is 13.0. The van der Waals surface area contributed by atoms with Gasteiger partial charge in [-0.05, 0) is 20.3 Å². The minimum atomic E-state index is -3.69. The van der Waals surface area contributed by atoms with Crippen molar-refractivity contribution in [3.8, 4) is 0 Å². The van der Waals surface area contributed by atoms with Crippen molar-refractivity contribution in [3.05, 3.63) is 0 Å². The molecule has 0 atom stereocenters. The Labute approximate surface area is 94.1 Å². The van der Waals surface area contributed by atoms with E-state index in [0.717, 1.165) is 0 Å². The molecule has 0 aromatic carbocycles. The topological polar surface area (TPSA) is 127 Å². The molecule has 7 nitrogen and oxygen atoms in total. The van der Waals surface area contributed by atoms with Crippen molar-refractivity contribution in [2.24, 2.45) is 5.73 Å². The van der Waals surface area contributed by atoms with Crippen LogP contribution in [0.25, 0.3) is 0 Å². The van der Waals surface area contributed by atoms with Gasteiger partial charge in [0.15, 0.2) is 0 Å². The van der Waals surface area contributed by atoms with Gasteiger partial charge in [-0.3, -0.25) is 9.59 Å². The van der Waals surface area contributed by atoms with Gasteiger partial charge in [0.05, 0.1) is 5.75 Å². The van der Waals surface area contributed by atoms with Crippen molar-refractivity contribution < 1.29 is 23.1 Å². The molecule has 0 aliphatic rings. The highest BCUT2D eigenvalue weighted by atomic mass is 32.2. The standard InChI is InChI=1S/C8H16N2O5S/c1-8(2,7(9)13)10-16(14,15)5-3-4-6(11)12/h10H,3-5H2,1-2H3,(H2,9,13)(H,11,12). The molecule has 0 radical (unpaired) electrons. The van der Waals surface area contributed by atoms with E-state index in [-0.39, 0.29) is 18.6 Å². The van der Waals surface area contributed by atoms with E-state index >= 15 is 0 Å². The molecular formula is C8H16N2O5S. The molecule has 4 N–H and O–H groups in total. The number of nitrogens with two attached hydrogens (primary N) is 1. The van der Waals surface area contributed by atoms with E-state index in [1.165, 1.54) is 13.8 Å². The fourth-order valence-electron chi connectivity index (χ4n) is 0.903. The Balaban J connectivity index is 4.36. The van der Waals surface area contributed by atoms with Crippen molar-refractivity contribution in [1.82, 2.24) is 4.72 Å². The first-order chi connectivity index (χ1) is 7.07. The second-order valence-electron chi connectivity index (χ2n) is 3.91. The summed E-state index contributed by atoms with van der Waals surface area (Å²) < 4.78 is 25.0. The number of rotatable bonds is 7. The first kappa shape index (κ1) is 14.8. The zero-order valence-corrected chi connectivity index (χ0v) is 10.0. The predicted molar refractivity (Wildman–Crippen MR) is 57.1 cm³/mol. The summed E-state index contributed by atoms with van der Waals surface area (Å²) in [6.07, 6.45) is -0.253. The minimum absolute atomic E-state index is 0.0144. The van der Waals surface area contributed by atoms with Crippen molar-refractivity contribution in [3.63, 3.8) is 0 Å². The fourth-order valence-corrected chi connectivity index (χ4v) is 2.41. The number of amides is 1. The van der Waals surface area contributed by atoms with Crippen LogP contribution < -0.4 is 10.5 Å². The summed E-state index contributed by atoms with van der Waals surface area (Å²) in [6, 6.07) is 0. The van der Waals surface area contributed by atoms with Crippen LogP contribution in [0.5, 0.6) is 0 Å². The average molecular weight is 252 g/mol. The molecule has 0 saturated heterocycles. The maximum absolute atomic E-state index is 11.4. The van der Waals surface area contributed by atoms with Gasteiger partial charge in [-0.15, -0.1) is 0 Å². The molecule has 0 aliphatic carbocycles. The number of carbonyl (C=O) groups excluding carboxylic acids is 1. The third-order valence-electron chi connectivity index (χ3n) is 1.83. The van der Waals surface area contributed by atoms with Gasteiger partial charge < -0.3 is 10.8 Å². The van der Waals surface area contributed by atoms with Crippen molar-refractivity contribution in [2.45, 2.75) is 32.2 Å². The number of hydrogen-bond acceptors (Lipinski definition) is 4. The zero-order valence-electron chi connectivity index (χ0n) is 9.19. The summed E-state index contributed by atoms with van der Waals surface area (Å²) in [5, 5.41) is 8.34. The van der Waals surface area contributed by atoms with E-state index in [0.29, 0.717) is 0 Å². The van der Waals surface area contributed by atoms with Gasteiger partial charge in [-0.25, -0.2) is 13.1 Å². The molecule has 0 spiro atoms. The lowest BCUT2D eigenvalue weighted by atomic mass is 10.1. The van der Waals surface area contributed by atoms with Gasteiger partial charge in [0.2, 0.25) is 15.9 Å². The number of carboxylic acids is 1. The molecular weight excluding hydrogens is 236 g/mol. The normalized spacial score (nSPS) is 12.4.